The summed E-state index contributed by atoms with van der Waals surface area (Å²) in [6.45, 7) is -2.32. The molecule has 0 radical (unpaired) electrons. The van der Waals surface area contributed by atoms with Gasteiger partial charge in [-0.1, -0.05) is 12.1 Å². The molecule has 10 nitrogen and oxygen atoms in total. The number of nitrogens with one attached hydrogen (secondary N) is 1. The summed E-state index contributed by atoms with van der Waals surface area (Å²) >= 11 is 0. The third-order valence-corrected chi connectivity index (χ3v) is 6.87. The zero-order valence-corrected chi connectivity index (χ0v) is 19.9. The number of methoxy groups -OCH3 is 1. The third-order valence-electron chi connectivity index (χ3n) is 6.87. The van der Waals surface area contributed by atoms with Gasteiger partial charge in [0.15, 0.2) is 0 Å². The molecule has 1 aliphatic heterocycles. The summed E-state index contributed by atoms with van der Waals surface area (Å²) in [5.74, 6) is -0.857. The first-order valence-electron chi connectivity index (χ1n) is 11.6. The largest absolute Gasteiger partial charge is 0.435 e. The maximum absolute atomic E-state index is 12.9. The molecular formula is C25H24F2N6O4. The number of amides is 2. The molecule has 12 heteroatoms. The van der Waals surface area contributed by atoms with E-state index in [4.69, 9.17) is 10.5 Å². The number of rotatable bonds is 8. The van der Waals surface area contributed by atoms with E-state index in [-0.39, 0.29) is 35.9 Å². The number of alkyl halides is 2. The van der Waals surface area contributed by atoms with Gasteiger partial charge in [-0.2, -0.15) is 19.1 Å². The average Bonchev–Trinajstić information content (AvgIpc) is 3.38. The summed E-state index contributed by atoms with van der Waals surface area (Å²) in [5.41, 5.74) is 7.28. The van der Waals surface area contributed by atoms with Crippen LogP contribution in [0.1, 0.15) is 23.2 Å². The molecule has 0 unspecified atom stereocenters. The summed E-state index contributed by atoms with van der Waals surface area (Å²) in [5, 5.41) is 17.1. The van der Waals surface area contributed by atoms with Gasteiger partial charge in [-0.3, -0.25) is 9.59 Å². The number of nitrogens with zero attached hydrogens (tertiary/aromatic N) is 4. The zero-order valence-electron chi connectivity index (χ0n) is 19.9. The van der Waals surface area contributed by atoms with Crippen molar-refractivity contribution in [2.45, 2.75) is 31.6 Å². The fraction of sp³-hybridized carbons (Fsp3) is 0.360. The van der Waals surface area contributed by atoms with Crippen molar-refractivity contribution in [3.63, 3.8) is 0 Å². The Hall–Kier alpha value is -4.24. The van der Waals surface area contributed by atoms with Crippen LogP contribution in [0.15, 0.2) is 42.7 Å². The number of likely N-dealkylation sites (tertiary alicyclic amines) is 1. The second kappa shape index (κ2) is 9.33. The highest BCUT2D eigenvalue weighted by molar-refractivity contribution is 6.02. The van der Waals surface area contributed by atoms with Gasteiger partial charge in [-0.15, -0.1) is 0 Å². The molecule has 3 heterocycles. The molecule has 2 aromatic heterocycles. The van der Waals surface area contributed by atoms with Crippen molar-refractivity contribution in [1.82, 2.24) is 14.5 Å². The molecule has 1 saturated carbocycles. The number of primary amides is 1. The number of hydrogen-bond donors (Lipinski definition) is 2. The predicted molar refractivity (Wildman–Crippen MR) is 128 cm³/mol. The predicted octanol–water partition coefficient (Wildman–Crippen LogP) is 2.64. The van der Waals surface area contributed by atoms with Crippen LogP contribution in [0.3, 0.4) is 0 Å². The molecular weight excluding hydrogens is 486 g/mol. The van der Waals surface area contributed by atoms with Crippen molar-refractivity contribution >= 4 is 23.0 Å². The second-order valence-corrected chi connectivity index (χ2v) is 9.19. The van der Waals surface area contributed by atoms with Crippen LogP contribution >= 0.6 is 0 Å². The van der Waals surface area contributed by atoms with Crippen LogP contribution in [0.2, 0.25) is 0 Å². The number of hydrogen-bond acceptors (Lipinski definition) is 7. The molecule has 1 saturated heterocycles. The lowest BCUT2D eigenvalue weighted by molar-refractivity contribution is -0.134. The second-order valence-electron chi connectivity index (χ2n) is 9.19. The van der Waals surface area contributed by atoms with Gasteiger partial charge in [0, 0.05) is 32.0 Å². The Morgan fingerprint density at radius 3 is 2.57 bits per heavy atom. The highest BCUT2D eigenvalue weighted by Crippen LogP contribution is 2.47. The molecule has 2 fully saturated rings. The van der Waals surface area contributed by atoms with Gasteiger partial charge in [0.1, 0.15) is 11.2 Å². The van der Waals surface area contributed by atoms with Crippen molar-refractivity contribution in [2.24, 2.45) is 11.1 Å². The molecule has 2 aliphatic rings. The van der Waals surface area contributed by atoms with Crippen LogP contribution in [-0.4, -0.2) is 65.3 Å². The molecule has 2 atom stereocenters. The van der Waals surface area contributed by atoms with E-state index in [0.717, 1.165) is 11.1 Å². The van der Waals surface area contributed by atoms with Crippen LogP contribution in [0.4, 0.5) is 14.5 Å². The van der Waals surface area contributed by atoms with E-state index in [9.17, 15) is 23.6 Å². The lowest BCUT2D eigenvalue weighted by Gasteiger charge is -2.21. The highest BCUT2D eigenvalue weighted by Gasteiger charge is 2.54. The first-order chi connectivity index (χ1) is 17.7. The highest BCUT2D eigenvalue weighted by atomic mass is 19.3. The molecule has 2 amide bonds. The standard InChI is InChI=1S/C25H24F2N6O4/c1-36-20-12-32(23(35)25(13-28)6-7-25)11-18(20)31-21-17(22(29)34)9-30-33-10-15(8-19(21)33)14-2-4-16(5-3-14)37-24(26)27/h2-5,8-10,18,20,24,31H,6-7,11-12H2,1H3,(H2,29,34)/t18-,20+/m1/s1. The fourth-order valence-electron chi connectivity index (χ4n) is 4.69. The number of halogens is 2. The summed E-state index contributed by atoms with van der Waals surface area (Å²) in [4.78, 5) is 26.8. The van der Waals surface area contributed by atoms with Crippen molar-refractivity contribution in [3.8, 4) is 22.9 Å². The van der Waals surface area contributed by atoms with Gasteiger partial charge in [0.05, 0.1) is 41.2 Å². The molecule has 192 valence electrons. The fourth-order valence-corrected chi connectivity index (χ4v) is 4.69. The average molecular weight is 511 g/mol. The Bertz CT molecular complexity index is 1400. The molecule has 1 aliphatic carbocycles. The number of ether oxygens (including phenoxy) is 2. The molecule has 1 aromatic carbocycles. The minimum absolute atomic E-state index is 0.0364. The van der Waals surface area contributed by atoms with Gasteiger partial charge in [-0.05, 0) is 36.6 Å². The number of carbonyl (C=O) groups is 2. The first kappa shape index (κ1) is 24.5. The van der Waals surface area contributed by atoms with Gasteiger partial charge < -0.3 is 25.4 Å². The van der Waals surface area contributed by atoms with Crippen LogP contribution in [0.5, 0.6) is 5.75 Å². The number of aromatic nitrogens is 2. The lowest BCUT2D eigenvalue weighted by atomic mass is 10.1. The van der Waals surface area contributed by atoms with Crippen LogP contribution < -0.4 is 15.8 Å². The number of benzene rings is 1. The van der Waals surface area contributed by atoms with E-state index in [1.165, 1.54) is 18.3 Å². The molecule has 37 heavy (non-hydrogen) atoms. The number of fused-ring (bicyclic) bond motifs is 1. The van der Waals surface area contributed by atoms with Gasteiger partial charge in [0.25, 0.3) is 5.91 Å². The quantitative estimate of drug-likeness (QED) is 0.476. The van der Waals surface area contributed by atoms with Gasteiger partial charge >= 0.3 is 6.61 Å². The maximum Gasteiger partial charge on any atom is 0.387 e. The molecule has 3 N–H and O–H groups in total. The van der Waals surface area contributed by atoms with Crippen LogP contribution in [-0.2, 0) is 9.53 Å². The number of nitriles is 1. The van der Waals surface area contributed by atoms with Crippen molar-refractivity contribution in [1.29, 1.82) is 5.26 Å². The summed E-state index contributed by atoms with van der Waals surface area (Å²) in [7, 11) is 1.54. The summed E-state index contributed by atoms with van der Waals surface area (Å²) in [6.07, 6.45) is 3.80. The summed E-state index contributed by atoms with van der Waals surface area (Å²) < 4.78 is 36.6. The van der Waals surface area contributed by atoms with Gasteiger partial charge in [-0.25, -0.2) is 4.52 Å². The van der Waals surface area contributed by atoms with E-state index in [1.54, 1.807) is 40.9 Å². The first-order valence-corrected chi connectivity index (χ1v) is 11.6. The number of carbonyl (C=O) groups excluding carboxylic acids is 2. The normalized spacial score (nSPS) is 20.1. The smallest absolute Gasteiger partial charge is 0.387 e. The number of anilines is 1. The van der Waals surface area contributed by atoms with Crippen molar-refractivity contribution in [2.75, 3.05) is 25.5 Å². The lowest BCUT2D eigenvalue weighted by Crippen LogP contribution is -2.37. The summed E-state index contributed by atoms with van der Waals surface area (Å²) in [6, 6.07) is 9.70. The Kier molecular flexibility index (Phi) is 6.16. The SMILES string of the molecule is CO[C@H]1CN(C(=O)C2(C#N)CC2)C[C@H]1Nc1c(C(N)=O)cnn2cc(-c3ccc(OC(F)F)cc3)cc12. The molecule has 0 spiro atoms. The van der Waals surface area contributed by atoms with Crippen LogP contribution in [0.25, 0.3) is 16.6 Å². The Balaban J connectivity index is 1.46. The van der Waals surface area contributed by atoms with Crippen molar-refractivity contribution < 1.29 is 27.8 Å². The Morgan fingerprint density at radius 2 is 1.97 bits per heavy atom. The van der Waals surface area contributed by atoms with Crippen LogP contribution in [0, 0.1) is 16.7 Å². The molecule has 5 rings (SSSR count). The van der Waals surface area contributed by atoms with E-state index in [0.29, 0.717) is 30.6 Å². The maximum atomic E-state index is 12.9. The monoisotopic (exact) mass is 510 g/mol. The van der Waals surface area contributed by atoms with E-state index < -0.39 is 17.9 Å². The Morgan fingerprint density at radius 1 is 1.24 bits per heavy atom. The number of nitrogens with two attached hydrogens (primary N) is 1. The van der Waals surface area contributed by atoms with E-state index in [2.05, 4.69) is 21.2 Å². The topological polar surface area (TPSA) is 135 Å². The van der Waals surface area contributed by atoms with Crippen molar-refractivity contribution in [3.05, 3.63) is 48.3 Å². The van der Waals surface area contributed by atoms with E-state index >= 15 is 0 Å². The zero-order chi connectivity index (χ0) is 26.3. The minimum atomic E-state index is -2.92. The third kappa shape index (κ3) is 4.53. The minimum Gasteiger partial charge on any atom is -0.435 e. The molecule has 3 aromatic rings. The molecule has 0 bridgehead atoms. The van der Waals surface area contributed by atoms with Gasteiger partial charge in [0.2, 0.25) is 5.91 Å². The Labute approximate surface area is 210 Å². The van der Waals surface area contributed by atoms with E-state index in [1.807, 2.05) is 0 Å².